The number of ether oxygens (including phenoxy) is 1. The molecule has 0 spiro atoms. The molecule has 1 heterocycles. The fourth-order valence-electron chi connectivity index (χ4n) is 1.97. The Kier molecular flexibility index (Phi) is 3.74. The van der Waals surface area contributed by atoms with Gasteiger partial charge in [0.05, 0.1) is 19.3 Å². The lowest BCUT2D eigenvalue weighted by Gasteiger charge is -2.22. The van der Waals surface area contributed by atoms with E-state index in [9.17, 15) is 9.50 Å². The van der Waals surface area contributed by atoms with E-state index in [1.54, 1.807) is 12.1 Å². The fraction of sp³-hybridized carbons (Fsp3) is 0.500. The van der Waals surface area contributed by atoms with Gasteiger partial charge < -0.3 is 15.2 Å². The zero-order valence-corrected chi connectivity index (χ0v) is 9.03. The van der Waals surface area contributed by atoms with Crippen LogP contribution >= 0.6 is 0 Å². The highest BCUT2D eigenvalue weighted by Crippen LogP contribution is 2.20. The van der Waals surface area contributed by atoms with Gasteiger partial charge in [-0.3, -0.25) is 0 Å². The summed E-state index contributed by atoms with van der Waals surface area (Å²) in [5.74, 6) is 0.0256. The average Bonchev–Trinajstić information content (AvgIpc) is 2.79. The first-order valence-electron chi connectivity index (χ1n) is 5.50. The number of halogens is 1. The third-order valence-electron chi connectivity index (χ3n) is 2.91. The molecular weight excluding hydrogens is 209 g/mol. The molecule has 0 saturated carbocycles. The molecule has 2 unspecified atom stereocenters. The van der Waals surface area contributed by atoms with Gasteiger partial charge in [-0.05, 0) is 24.6 Å². The second kappa shape index (κ2) is 5.27. The molecule has 0 aromatic heterocycles. The molecule has 0 amide bonds. The molecule has 2 rings (SSSR count). The third kappa shape index (κ3) is 2.71. The number of rotatable bonds is 4. The Hall–Kier alpha value is -1.13. The number of benzene rings is 1. The molecule has 1 fully saturated rings. The highest BCUT2D eigenvalue weighted by molar-refractivity contribution is 5.44. The van der Waals surface area contributed by atoms with E-state index in [4.69, 9.17) is 4.74 Å². The van der Waals surface area contributed by atoms with Gasteiger partial charge in [0.25, 0.3) is 0 Å². The molecule has 0 bridgehead atoms. The van der Waals surface area contributed by atoms with Gasteiger partial charge in [-0.15, -0.1) is 0 Å². The van der Waals surface area contributed by atoms with Crippen LogP contribution in [0.25, 0.3) is 0 Å². The standard InChI is InChI=1S/C12H16FNO2/c13-10-2-1-3-11(6-10)14-12(7-15)9-4-5-16-8-9/h1-3,6,9,12,14-15H,4-5,7-8H2. The van der Waals surface area contributed by atoms with Crippen LogP contribution in [0.5, 0.6) is 0 Å². The number of aliphatic hydroxyl groups excluding tert-OH is 1. The predicted molar refractivity (Wildman–Crippen MR) is 59.8 cm³/mol. The Morgan fingerprint density at radius 1 is 1.56 bits per heavy atom. The second-order valence-corrected chi connectivity index (χ2v) is 4.07. The van der Waals surface area contributed by atoms with Crippen LogP contribution in [0.2, 0.25) is 0 Å². The maximum atomic E-state index is 13.0. The van der Waals surface area contributed by atoms with Gasteiger partial charge in [-0.25, -0.2) is 4.39 Å². The van der Waals surface area contributed by atoms with E-state index in [-0.39, 0.29) is 18.5 Å². The Balaban J connectivity index is 2.00. The van der Waals surface area contributed by atoms with Crippen LogP contribution in [0.15, 0.2) is 24.3 Å². The number of aliphatic hydroxyl groups is 1. The average molecular weight is 225 g/mol. The van der Waals surface area contributed by atoms with Crippen molar-refractivity contribution in [2.45, 2.75) is 12.5 Å². The van der Waals surface area contributed by atoms with Gasteiger partial charge in [0.2, 0.25) is 0 Å². The normalized spacial score (nSPS) is 22.0. The predicted octanol–water partition coefficient (Wildman–Crippen LogP) is 1.64. The molecule has 0 radical (unpaired) electrons. The van der Waals surface area contributed by atoms with Crippen molar-refractivity contribution in [1.29, 1.82) is 0 Å². The molecule has 4 heteroatoms. The quantitative estimate of drug-likeness (QED) is 0.818. The van der Waals surface area contributed by atoms with Gasteiger partial charge >= 0.3 is 0 Å². The number of anilines is 1. The zero-order valence-electron chi connectivity index (χ0n) is 9.03. The molecule has 2 N–H and O–H groups in total. The van der Waals surface area contributed by atoms with Crippen LogP contribution in [0.4, 0.5) is 10.1 Å². The highest BCUT2D eigenvalue weighted by atomic mass is 19.1. The van der Waals surface area contributed by atoms with E-state index in [0.29, 0.717) is 18.2 Å². The van der Waals surface area contributed by atoms with Crippen LogP contribution < -0.4 is 5.32 Å². The van der Waals surface area contributed by atoms with Gasteiger partial charge in [0.1, 0.15) is 5.82 Å². The minimum atomic E-state index is -0.274. The molecule has 88 valence electrons. The first-order chi connectivity index (χ1) is 7.79. The lowest BCUT2D eigenvalue weighted by Crippen LogP contribution is -2.33. The minimum Gasteiger partial charge on any atom is -0.394 e. The summed E-state index contributed by atoms with van der Waals surface area (Å²) >= 11 is 0. The van der Waals surface area contributed by atoms with Crippen LogP contribution in [0.3, 0.4) is 0 Å². The maximum absolute atomic E-state index is 13.0. The maximum Gasteiger partial charge on any atom is 0.125 e. The first kappa shape index (κ1) is 11.4. The molecule has 0 aliphatic carbocycles. The molecule has 3 nitrogen and oxygen atoms in total. The molecule has 16 heavy (non-hydrogen) atoms. The van der Waals surface area contributed by atoms with Crippen LogP contribution in [-0.2, 0) is 4.74 Å². The second-order valence-electron chi connectivity index (χ2n) is 4.07. The van der Waals surface area contributed by atoms with Crippen LogP contribution in [-0.4, -0.2) is 31.0 Å². The summed E-state index contributed by atoms with van der Waals surface area (Å²) in [4.78, 5) is 0. The van der Waals surface area contributed by atoms with E-state index in [2.05, 4.69) is 5.32 Å². The number of hydrogen-bond acceptors (Lipinski definition) is 3. The van der Waals surface area contributed by atoms with Crippen molar-refractivity contribution >= 4 is 5.69 Å². The number of nitrogens with one attached hydrogen (secondary N) is 1. The SMILES string of the molecule is OCC(Nc1cccc(F)c1)C1CCOC1. The minimum absolute atomic E-state index is 0.0323. The summed E-state index contributed by atoms with van der Waals surface area (Å²) in [6.45, 7) is 1.43. The van der Waals surface area contributed by atoms with E-state index in [0.717, 1.165) is 13.0 Å². The van der Waals surface area contributed by atoms with E-state index in [1.165, 1.54) is 12.1 Å². The van der Waals surface area contributed by atoms with Crippen molar-refractivity contribution < 1.29 is 14.2 Å². The van der Waals surface area contributed by atoms with Crippen molar-refractivity contribution in [2.24, 2.45) is 5.92 Å². The largest absolute Gasteiger partial charge is 0.394 e. The van der Waals surface area contributed by atoms with Gasteiger partial charge in [-0.2, -0.15) is 0 Å². The van der Waals surface area contributed by atoms with Gasteiger partial charge in [0.15, 0.2) is 0 Å². The van der Waals surface area contributed by atoms with Gasteiger partial charge in [0, 0.05) is 18.2 Å². The Morgan fingerprint density at radius 3 is 3.06 bits per heavy atom. The molecule has 1 aromatic rings. The lowest BCUT2D eigenvalue weighted by atomic mass is 9.99. The summed E-state index contributed by atoms with van der Waals surface area (Å²) < 4.78 is 18.2. The van der Waals surface area contributed by atoms with Crippen LogP contribution in [0, 0.1) is 11.7 Å². The summed E-state index contributed by atoms with van der Waals surface area (Å²) in [5, 5.41) is 12.4. The van der Waals surface area contributed by atoms with Crippen molar-refractivity contribution in [3.63, 3.8) is 0 Å². The van der Waals surface area contributed by atoms with E-state index < -0.39 is 0 Å². The molecule has 1 aromatic carbocycles. The Labute approximate surface area is 94.2 Å². The van der Waals surface area contributed by atoms with Crippen molar-refractivity contribution in [2.75, 3.05) is 25.1 Å². The molecular formula is C12H16FNO2. The Bertz CT molecular complexity index is 340. The summed E-state index contributed by atoms with van der Waals surface area (Å²) in [6, 6.07) is 6.21. The topological polar surface area (TPSA) is 41.5 Å². The summed E-state index contributed by atoms with van der Waals surface area (Å²) in [7, 11) is 0. The van der Waals surface area contributed by atoms with Crippen molar-refractivity contribution in [1.82, 2.24) is 0 Å². The lowest BCUT2D eigenvalue weighted by molar-refractivity contribution is 0.170. The van der Waals surface area contributed by atoms with E-state index >= 15 is 0 Å². The van der Waals surface area contributed by atoms with Gasteiger partial charge in [-0.1, -0.05) is 6.07 Å². The smallest absolute Gasteiger partial charge is 0.125 e. The first-order valence-corrected chi connectivity index (χ1v) is 5.50. The molecule has 1 aliphatic rings. The van der Waals surface area contributed by atoms with Crippen molar-refractivity contribution in [3.05, 3.63) is 30.1 Å². The fourth-order valence-corrected chi connectivity index (χ4v) is 1.97. The monoisotopic (exact) mass is 225 g/mol. The molecule has 1 aliphatic heterocycles. The highest BCUT2D eigenvalue weighted by Gasteiger charge is 2.25. The number of hydrogen-bond donors (Lipinski definition) is 2. The third-order valence-corrected chi connectivity index (χ3v) is 2.91. The van der Waals surface area contributed by atoms with E-state index in [1.807, 2.05) is 0 Å². The Morgan fingerprint density at radius 2 is 2.44 bits per heavy atom. The summed E-state index contributed by atoms with van der Waals surface area (Å²) in [6.07, 6.45) is 0.938. The van der Waals surface area contributed by atoms with Crippen molar-refractivity contribution in [3.8, 4) is 0 Å². The summed E-state index contributed by atoms with van der Waals surface area (Å²) in [5.41, 5.74) is 0.700. The molecule has 1 saturated heterocycles. The van der Waals surface area contributed by atoms with Crippen LogP contribution in [0.1, 0.15) is 6.42 Å². The molecule has 2 atom stereocenters. The zero-order chi connectivity index (χ0) is 11.4.